The zero-order valence-electron chi connectivity index (χ0n) is 14.2. The Hall–Kier alpha value is -1.78. The smallest absolute Gasteiger partial charge is 0.218 e. The molecule has 2 atom stereocenters. The summed E-state index contributed by atoms with van der Waals surface area (Å²) in [6.07, 6.45) is 3.04. The second-order valence-electron chi connectivity index (χ2n) is 6.19. The molecule has 22 heavy (non-hydrogen) atoms. The summed E-state index contributed by atoms with van der Waals surface area (Å²) in [7, 11) is 1.65. The quantitative estimate of drug-likeness (QED) is 0.686. The highest BCUT2D eigenvalue weighted by atomic mass is 16.5. The Kier molecular flexibility index (Phi) is 6.04. The number of pyridine rings is 1. The van der Waals surface area contributed by atoms with Gasteiger partial charge < -0.3 is 15.0 Å². The van der Waals surface area contributed by atoms with E-state index in [0.717, 1.165) is 31.2 Å². The third-order valence-corrected chi connectivity index (χ3v) is 3.95. The molecule has 1 aliphatic rings. The van der Waals surface area contributed by atoms with Crippen molar-refractivity contribution in [2.24, 2.45) is 16.8 Å². The largest absolute Gasteiger partial charge is 0.481 e. The third-order valence-electron chi connectivity index (χ3n) is 3.95. The lowest BCUT2D eigenvalue weighted by Crippen LogP contribution is -2.48. The number of piperidine rings is 1. The molecular formula is C17H28N4O. The van der Waals surface area contributed by atoms with Gasteiger partial charge in [0, 0.05) is 31.4 Å². The Labute approximate surface area is 133 Å². The van der Waals surface area contributed by atoms with E-state index in [1.807, 2.05) is 12.1 Å². The summed E-state index contributed by atoms with van der Waals surface area (Å²) in [5, 5.41) is 3.42. The fraction of sp³-hybridized carbons (Fsp3) is 0.647. The highest BCUT2D eigenvalue weighted by Crippen LogP contribution is 2.21. The zero-order valence-corrected chi connectivity index (χ0v) is 14.2. The third kappa shape index (κ3) is 4.36. The van der Waals surface area contributed by atoms with E-state index < -0.39 is 0 Å². The van der Waals surface area contributed by atoms with Crippen molar-refractivity contribution in [2.75, 3.05) is 26.7 Å². The number of guanidine groups is 1. The molecule has 1 aromatic rings. The maximum atomic E-state index is 5.30. The minimum Gasteiger partial charge on any atom is -0.481 e. The van der Waals surface area contributed by atoms with E-state index in [2.05, 4.69) is 36.0 Å². The predicted octanol–water partition coefficient (Wildman–Crippen LogP) is 2.53. The molecule has 0 bridgehead atoms. The van der Waals surface area contributed by atoms with Gasteiger partial charge in [0.05, 0.1) is 13.7 Å². The Bertz CT molecular complexity index is 493. The number of likely N-dealkylation sites (tertiary alicyclic amines) is 1. The van der Waals surface area contributed by atoms with E-state index in [1.54, 1.807) is 13.3 Å². The predicted molar refractivity (Wildman–Crippen MR) is 90.1 cm³/mol. The number of hydrogen-bond acceptors (Lipinski definition) is 3. The average molecular weight is 304 g/mol. The van der Waals surface area contributed by atoms with Crippen LogP contribution >= 0.6 is 0 Å². The van der Waals surface area contributed by atoms with Crippen LogP contribution in [-0.4, -0.2) is 42.6 Å². The molecule has 122 valence electrons. The van der Waals surface area contributed by atoms with Crippen LogP contribution in [0, 0.1) is 11.8 Å². The van der Waals surface area contributed by atoms with Crippen LogP contribution in [0.5, 0.6) is 5.88 Å². The SMILES string of the molecule is CCNC(=NCc1cccnc1OC)N1CC(C)CC(C)C1. The fourth-order valence-corrected chi connectivity index (χ4v) is 3.15. The summed E-state index contributed by atoms with van der Waals surface area (Å²) in [4.78, 5) is 11.4. The lowest BCUT2D eigenvalue weighted by Gasteiger charge is -2.37. The van der Waals surface area contributed by atoms with Gasteiger partial charge in [0.2, 0.25) is 5.88 Å². The maximum absolute atomic E-state index is 5.30. The lowest BCUT2D eigenvalue weighted by molar-refractivity contribution is 0.208. The van der Waals surface area contributed by atoms with E-state index >= 15 is 0 Å². The van der Waals surface area contributed by atoms with Crippen LogP contribution in [0.3, 0.4) is 0 Å². The van der Waals surface area contributed by atoms with Gasteiger partial charge in [-0.25, -0.2) is 9.98 Å². The van der Waals surface area contributed by atoms with E-state index in [9.17, 15) is 0 Å². The molecule has 0 aromatic carbocycles. The molecule has 1 fully saturated rings. The number of methoxy groups -OCH3 is 1. The molecule has 0 saturated carbocycles. The van der Waals surface area contributed by atoms with Crippen LogP contribution in [0.15, 0.2) is 23.3 Å². The summed E-state index contributed by atoms with van der Waals surface area (Å²) in [6.45, 7) is 10.3. The van der Waals surface area contributed by atoms with Crippen molar-refractivity contribution in [1.29, 1.82) is 0 Å². The number of ether oxygens (including phenoxy) is 1. The van der Waals surface area contributed by atoms with E-state index in [-0.39, 0.29) is 0 Å². The number of nitrogens with one attached hydrogen (secondary N) is 1. The Balaban J connectivity index is 2.12. The van der Waals surface area contributed by atoms with Crippen molar-refractivity contribution in [3.05, 3.63) is 23.9 Å². The summed E-state index contributed by atoms with van der Waals surface area (Å²) >= 11 is 0. The van der Waals surface area contributed by atoms with Gasteiger partial charge in [-0.1, -0.05) is 19.9 Å². The van der Waals surface area contributed by atoms with Crippen LogP contribution in [0.4, 0.5) is 0 Å². The fourth-order valence-electron chi connectivity index (χ4n) is 3.15. The highest BCUT2D eigenvalue weighted by molar-refractivity contribution is 5.80. The van der Waals surface area contributed by atoms with Gasteiger partial charge in [-0.2, -0.15) is 0 Å². The molecule has 0 aliphatic carbocycles. The number of nitrogens with zero attached hydrogens (tertiary/aromatic N) is 3. The van der Waals surface area contributed by atoms with Gasteiger partial charge in [0.25, 0.3) is 0 Å². The van der Waals surface area contributed by atoms with Gasteiger partial charge in [-0.05, 0) is 31.2 Å². The van der Waals surface area contributed by atoms with E-state index in [1.165, 1.54) is 6.42 Å². The van der Waals surface area contributed by atoms with Crippen molar-refractivity contribution < 1.29 is 4.74 Å². The molecule has 1 saturated heterocycles. The first-order chi connectivity index (χ1) is 10.6. The zero-order chi connectivity index (χ0) is 15.9. The topological polar surface area (TPSA) is 49.8 Å². The summed E-state index contributed by atoms with van der Waals surface area (Å²) in [5.74, 6) is 3.07. The Morgan fingerprint density at radius 3 is 2.77 bits per heavy atom. The first-order valence-electron chi connectivity index (χ1n) is 8.15. The monoisotopic (exact) mass is 304 g/mol. The molecule has 1 N–H and O–H groups in total. The standard InChI is InChI=1S/C17H28N4O/c1-5-18-17(21-11-13(2)9-14(3)12-21)20-10-15-7-6-8-19-16(15)22-4/h6-8,13-14H,5,9-12H2,1-4H3,(H,18,20). The van der Waals surface area contributed by atoms with Crippen molar-refractivity contribution in [2.45, 2.75) is 33.7 Å². The number of aliphatic imine (C=N–C) groups is 1. The second kappa shape index (κ2) is 8.01. The maximum Gasteiger partial charge on any atom is 0.218 e. The van der Waals surface area contributed by atoms with Crippen LogP contribution in [-0.2, 0) is 6.54 Å². The van der Waals surface area contributed by atoms with E-state index in [0.29, 0.717) is 24.3 Å². The minimum absolute atomic E-state index is 0.582. The van der Waals surface area contributed by atoms with Gasteiger partial charge in [0.15, 0.2) is 5.96 Å². The number of rotatable bonds is 4. The van der Waals surface area contributed by atoms with Crippen LogP contribution in [0.2, 0.25) is 0 Å². The Morgan fingerprint density at radius 2 is 2.14 bits per heavy atom. The van der Waals surface area contributed by atoms with Crippen molar-refractivity contribution >= 4 is 5.96 Å². The molecule has 1 aliphatic heterocycles. The number of hydrogen-bond donors (Lipinski definition) is 1. The highest BCUT2D eigenvalue weighted by Gasteiger charge is 2.24. The molecule has 0 spiro atoms. The normalized spacial score (nSPS) is 22.5. The summed E-state index contributed by atoms with van der Waals surface area (Å²) in [5.41, 5.74) is 1.01. The van der Waals surface area contributed by atoms with Gasteiger partial charge in [-0.3, -0.25) is 0 Å². The van der Waals surface area contributed by atoms with Crippen LogP contribution < -0.4 is 10.1 Å². The molecule has 5 heteroatoms. The van der Waals surface area contributed by atoms with Crippen molar-refractivity contribution in [3.63, 3.8) is 0 Å². The van der Waals surface area contributed by atoms with E-state index in [4.69, 9.17) is 9.73 Å². The molecule has 2 heterocycles. The van der Waals surface area contributed by atoms with Crippen LogP contribution in [0.25, 0.3) is 0 Å². The van der Waals surface area contributed by atoms with Gasteiger partial charge in [-0.15, -0.1) is 0 Å². The molecule has 5 nitrogen and oxygen atoms in total. The first kappa shape index (κ1) is 16.6. The lowest BCUT2D eigenvalue weighted by atomic mass is 9.92. The van der Waals surface area contributed by atoms with Gasteiger partial charge in [0.1, 0.15) is 0 Å². The van der Waals surface area contributed by atoms with Crippen molar-refractivity contribution in [1.82, 2.24) is 15.2 Å². The molecular weight excluding hydrogens is 276 g/mol. The molecule has 2 unspecified atom stereocenters. The van der Waals surface area contributed by atoms with Crippen molar-refractivity contribution in [3.8, 4) is 5.88 Å². The average Bonchev–Trinajstić information content (AvgIpc) is 2.50. The Morgan fingerprint density at radius 1 is 1.41 bits per heavy atom. The van der Waals surface area contributed by atoms with Gasteiger partial charge >= 0.3 is 0 Å². The summed E-state index contributed by atoms with van der Waals surface area (Å²) < 4.78 is 5.30. The van der Waals surface area contributed by atoms with Crippen LogP contribution in [0.1, 0.15) is 32.8 Å². The molecule has 0 amide bonds. The molecule has 0 radical (unpaired) electrons. The number of aromatic nitrogens is 1. The minimum atomic E-state index is 0.582. The molecule has 1 aromatic heterocycles. The second-order valence-corrected chi connectivity index (χ2v) is 6.19. The molecule has 2 rings (SSSR count). The summed E-state index contributed by atoms with van der Waals surface area (Å²) in [6, 6.07) is 3.94. The first-order valence-corrected chi connectivity index (χ1v) is 8.15.